The Hall–Kier alpha value is -1.84. The van der Waals surface area contributed by atoms with Gasteiger partial charge in [-0.25, -0.2) is 9.37 Å². The summed E-state index contributed by atoms with van der Waals surface area (Å²) in [7, 11) is 0. The molecule has 0 fully saturated rings. The van der Waals surface area contributed by atoms with Crippen molar-refractivity contribution in [2.75, 3.05) is 5.73 Å². The highest BCUT2D eigenvalue weighted by molar-refractivity contribution is 5.59. The first-order chi connectivity index (χ1) is 6.68. The molecular weight excluding hydrogens is 181 g/mol. The number of nitrogens with two attached hydrogens (primary N) is 1. The molecule has 0 atom stereocenters. The van der Waals surface area contributed by atoms with Crippen molar-refractivity contribution in [3.8, 4) is 11.4 Å². The summed E-state index contributed by atoms with van der Waals surface area (Å²) in [5.41, 5.74) is 6.75. The number of imidazole rings is 1. The van der Waals surface area contributed by atoms with E-state index in [0.29, 0.717) is 17.2 Å². The Morgan fingerprint density at radius 3 is 2.64 bits per heavy atom. The molecular formula is C10H10FN3. The first-order valence-corrected chi connectivity index (χ1v) is 4.25. The second kappa shape index (κ2) is 3.14. The molecule has 0 amide bonds. The number of anilines is 1. The molecule has 14 heavy (non-hydrogen) atoms. The van der Waals surface area contributed by atoms with Gasteiger partial charge in [0.15, 0.2) is 0 Å². The van der Waals surface area contributed by atoms with E-state index in [2.05, 4.69) is 9.97 Å². The average Bonchev–Trinajstić information content (AvgIpc) is 2.48. The van der Waals surface area contributed by atoms with Crippen molar-refractivity contribution in [2.45, 2.75) is 6.92 Å². The summed E-state index contributed by atoms with van der Waals surface area (Å²) in [6.45, 7) is 1.80. The molecule has 0 radical (unpaired) electrons. The summed E-state index contributed by atoms with van der Waals surface area (Å²) >= 11 is 0. The minimum Gasteiger partial charge on any atom is -0.382 e. The van der Waals surface area contributed by atoms with Crippen LogP contribution in [0.25, 0.3) is 11.4 Å². The summed E-state index contributed by atoms with van der Waals surface area (Å²) in [6.07, 6.45) is 0. The van der Waals surface area contributed by atoms with E-state index in [1.54, 1.807) is 25.1 Å². The number of nitrogens with one attached hydrogen (secondary N) is 1. The lowest BCUT2D eigenvalue weighted by molar-refractivity contribution is 0.630. The molecule has 1 aromatic heterocycles. The van der Waals surface area contributed by atoms with Crippen LogP contribution >= 0.6 is 0 Å². The van der Waals surface area contributed by atoms with Crippen molar-refractivity contribution in [2.24, 2.45) is 0 Å². The van der Waals surface area contributed by atoms with E-state index in [9.17, 15) is 4.39 Å². The largest absolute Gasteiger partial charge is 0.382 e. The van der Waals surface area contributed by atoms with Crippen molar-refractivity contribution in [1.29, 1.82) is 0 Å². The van der Waals surface area contributed by atoms with E-state index in [1.165, 1.54) is 6.07 Å². The standard InChI is InChI=1S/C10H10FN3/c1-6-9(12)14-10(13-6)7-4-2-3-5-8(7)11/h2-5H,12H2,1H3,(H,13,14). The molecule has 0 spiro atoms. The van der Waals surface area contributed by atoms with Gasteiger partial charge in [0.05, 0.1) is 11.3 Å². The number of nitrogen functional groups attached to an aromatic ring is 1. The summed E-state index contributed by atoms with van der Waals surface area (Å²) in [5, 5.41) is 0. The van der Waals surface area contributed by atoms with Crippen molar-refractivity contribution >= 4 is 5.82 Å². The van der Waals surface area contributed by atoms with Gasteiger partial charge in [-0.05, 0) is 19.1 Å². The van der Waals surface area contributed by atoms with Crippen LogP contribution in [-0.2, 0) is 0 Å². The second-order valence-electron chi connectivity index (χ2n) is 3.08. The van der Waals surface area contributed by atoms with Gasteiger partial charge < -0.3 is 10.7 Å². The molecule has 72 valence electrons. The van der Waals surface area contributed by atoms with Crippen molar-refractivity contribution in [3.05, 3.63) is 35.8 Å². The number of hydrogen-bond donors (Lipinski definition) is 2. The van der Waals surface area contributed by atoms with Gasteiger partial charge in [-0.2, -0.15) is 0 Å². The molecule has 0 saturated heterocycles. The van der Waals surface area contributed by atoms with Crippen LogP contribution in [0.4, 0.5) is 10.2 Å². The Labute approximate surface area is 80.8 Å². The minimum atomic E-state index is -0.304. The second-order valence-corrected chi connectivity index (χ2v) is 3.08. The zero-order valence-electron chi connectivity index (χ0n) is 7.71. The number of H-pyrrole nitrogens is 1. The van der Waals surface area contributed by atoms with Crippen LogP contribution < -0.4 is 5.73 Å². The molecule has 0 saturated carbocycles. The van der Waals surface area contributed by atoms with Gasteiger partial charge in [-0.1, -0.05) is 12.1 Å². The van der Waals surface area contributed by atoms with E-state index in [4.69, 9.17) is 5.73 Å². The number of aromatic amines is 1. The third-order valence-electron chi connectivity index (χ3n) is 2.05. The maximum Gasteiger partial charge on any atom is 0.145 e. The first kappa shape index (κ1) is 8.74. The molecule has 0 aliphatic carbocycles. The highest BCUT2D eigenvalue weighted by atomic mass is 19.1. The highest BCUT2D eigenvalue weighted by Crippen LogP contribution is 2.21. The van der Waals surface area contributed by atoms with E-state index in [-0.39, 0.29) is 5.82 Å². The van der Waals surface area contributed by atoms with Crippen LogP contribution in [0.3, 0.4) is 0 Å². The van der Waals surface area contributed by atoms with Gasteiger partial charge in [0, 0.05) is 0 Å². The lowest BCUT2D eigenvalue weighted by Gasteiger charge is -1.97. The van der Waals surface area contributed by atoms with E-state index >= 15 is 0 Å². The molecule has 0 bridgehead atoms. The number of rotatable bonds is 1. The lowest BCUT2D eigenvalue weighted by atomic mass is 10.2. The van der Waals surface area contributed by atoms with Crippen molar-refractivity contribution in [1.82, 2.24) is 9.97 Å². The molecule has 3 N–H and O–H groups in total. The van der Waals surface area contributed by atoms with Crippen LogP contribution in [0.15, 0.2) is 24.3 Å². The smallest absolute Gasteiger partial charge is 0.145 e. The number of benzene rings is 1. The molecule has 0 unspecified atom stereocenters. The summed E-state index contributed by atoms with van der Waals surface area (Å²) in [6, 6.07) is 6.45. The van der Waals surface area contributed by atoms with Crippen LogP contribution in [0.5, 0.6) is 0 Å². The van der Waals surface area contributed by atoms with E-state index < -0.39 is 0 Å². The third-order valence-corrected chi connectivity index (χ3v) is 2.05. The molecule has 3 nitrogen and oxygen atoms in total. The molecule has 2 rings (SSSR count). The molecule has 2 aromatic rings. The zero-order valence-corrected chi connectivity index (χ0v) is 7.71. The predicted octanol–water partition coefficient (Wildman–Crippen LogP) is 2.11. The van der Waals surface area contributed by atoms with Gasteiger partial charge in [-0.3, -0.25) is 0 Å². The normalized spacial score (nSPS) is 10.4. The monoisotopic (exact) mass is 191 g/mol. The Morgan fingerprint density at radius 1 is 1.36 bits per heavy atom. The fourth-order valence-electron chi connectivity index (χ4n) is 1.25. The molecule has 1 aromatic carbocycles. The maximum absolute atomic E-state index is 13.3. The quantitative estimate of drug-likeness (QED) is 0.725. The minimum absolute atomic E-state index is 0.304. The number of aryl methyl sites for hydroxylation is 1. The highest BCUT2D eigenvalue weighted by Gasteiger charge is 2.09. The number of nitrogens with zero attached hydrogens (tertiary/aromatic N) is 1. The molecule has 4 heteroatoms. The SMILES string of the molecule is Cc1[nH]c(-c2ccccc2F)nc1N. The zero-order chi connectivity index (χ0) is 10.1. The Bertz CT molecular complexity index is 443. The fraction of sp³-hybridized carbons (Fsp3) is 0.100. The van der Waals surface area contributed by atoms with Crippen molar-refractivity contribution in [3.63, 3.8) is 0 Å². The molecule has 0 aliphatic rings. The first-order valence-electron chi connectivity index (χ1n) is 4.25. The summed E-state index contributed by atoms with van der Waals surface area (Å²) in [4.78, 5) is 6.95. The molecule has 0 aliphatic heterocycles. The van der Waals surface area contributed by atoms with Crippen molar-refractivity contribution < 1.29 is 4.39 Å². The van der Waals surface area contributed by atoms with Gasteiger partial charge in [-0.15, -0.1) is 0 Å². The predicted molar refractivity (Wildman–Crippen MR) is 53.1 cm³/mol. The third kappa shape index (κ3) is 1.35. The fourth-order valence-corrected chi connectivity index (χ4v) is 1.25. The average molecular weight is 191 g/mol. The topological polar surface area (TPSA) is 54.7 Å². The van der Waals surface area contributed by atoms with Crippen LogP contribution in [0.2, 0.25) is 0 Å². The molecule has 1 heterocycles. The van der Waals surface area contributed by atoms with Gasteiger partial charge in [0.2, 0.25) is 0 Å². The number of hydrogen-bond acceptors (Lipinski definition) is 2. The van der Waals surface area contributed by atoms with E-state index in [0.717, 1.165) is 5.69 Å². The summed E-state index contributed by atoms with van der Waals surface area (Å²) in [5.74, 6) is 0.572. The Balaban J connectivity index is 2.55. The number of aromatic nitrogens is 2. The van der Waals surface area contributed by atoms with E-state index in [1.807, 2.05) is 0 Å². The number of halogens is 1. The maximum atomic E-state index is 13.3. The Kier molecular flexibility index (Phi) is 1.96. The van der Waals surface area contributed by atoms with Gasteiger partial charge >= 0.3 is 0 Å². The van der Waals surface area contributed by atoms with Gasteiger partial charge in [0.25, 0.3) is 0 Å². The van der Waals surface area contributed by atoms with Crippen LogP contribution in [-0.4, -0.2) is 9.97 Å². The summed E-state index contributed by atoms with van der Waals surface area (Å²) < 4.78 is 13.3. The Morgan fingerprint density at radius 2 is 2.07 bits per heavy atom. The lowest BCUT2D eigenvalue weighted by Crippen LogP contribution is -1.87. The van der Waals surface area contributed by atoms with Gasteiger partial charge in [0.1, 0.15) is 17.5 Å². The van der Waals surface area contributed by atoms with Crippen LogP contribution in [0.1, 0.15) is 5.69 Å². The van der Waals surface area contributed by atoms with Crippen LogP contribution in [0, 0.1) is 12.7 Å².